The number of hydrogen-bond donors (Lipinski definition) is 2. The number of nitrogens with one attached hydrogen (secondary N) is 2. The Bertz CT molecular complexity index is 837. The van der Waals surface area contributed by atoms with Crippen molar-refractivity contribution in [2.75, 3.05) is 10.6 Å². The molecule has 5 nitrogen and oxygen atoms in total. The van der Waals surface area contributed by atoms with Crippen molar-refractivity contribution in [1.82, 2.24) is 15.2 Å². The van der Waals surface area contributed by atoms with Crippen LogP contribution in [0.3, 0.4) is 0 Å². The van der Waals surface area contributed by atoms with Crippen LogP contribution in [0.15, 0.2) is 48.7 Å². The van der Waals surface area contributed by atoms with Crippen LogP contribution in [0.1, 0.15) is 12.5 Å². The van der Waals surface area contributed by atoms with Gasteiger partial charge in [0.05, 0.1) is 11.9 Å². The molecule has 0 aliphatic rings. The Morgan fingerprint density at radius 3 is 2.50 bits per heavy atom. The second-order valence-corrected chi connectivity index (χ2v) is 5.09. The highest BCUT2D eigenvalue weighted by Crippen LogP contribution is 2.20. The maximum Gasteiger partial charge on any atom is 0.249 e. The van der Waals surface area contributed by atoms with Crippen LogP contribution in [0, 0.1) is 11.6 Å². The first-order chi connectivity index (χ1) is 11.6. The van der Waals surface area contributed by atoms with Gasteiger partial charge < -0.3 is 10.6 Å². The lowest BCUT2D eigenvalue weighted by Crippen LogP contribution is -2.03. The van der Waals surface area contributed by atoms with Crippen LogP contribution < -0.4 is 10.6 Å². The molecule has 0 atom stereocenters. The summed E-state index contributed by atoms with van der Waals surface area (Å²) in [5.41, 5.74) is 2.16. The summed E-state index contributed by atoms with van der Waals surface area (Å²) in [5, 5.41) is 13.4. The first kappa shape index (κ1) is 15.8. The average molecular weight is 327 g/mol. The zero-order valence-corrected chi connectivity index (χ0v) is 12.9. The Morgan fingerprint density at radius 1 is 1.00 bits per heavy atom. The van der Waals surface area contributed by atoms with Gasteiger partial charge in [-0.2, -0.15) is 10.1 Å². The van der Waals surface area contributed by atoms with Gasteiger partial charge in [-0.05, 0) is 36.2 Å². The minimum Gasteiger partial charge on any atom is -0.339 e. The quantitative estimate of drug-likeness (QED) is 0.735. The summed E-state index contributed by atoms with van der Waals surface area (Å²) in [6, 6.07) is 11.1. The number of anilines is 4. The van der Waals surface area contributed by atoms with Crippen LogP contribution in [-0.2, 0) is 6.42 Å². The molecular weight excluding hydrogens is 312 g/mol. The normalized spacial score (nSPS) is 10.5. The van der Waals surface area contributed by atoms with E-state index in [-0.39, 0.29) is 11.6 Å². The summed E-state index contributed by atoms with van der Waals surface area (Å²) >= 11 is 0. The molecule has 2 N–H and O–H groups in total. The van der Waals surface area contributed by atoms with Crippen molar-refractivity contribution in [1.29, 1.82) is 0 Å². The maximum atomic E-state index is 13.7. The molecule has 1 heterocycles. The van der Waals surface area contributed by atoms with Crippen LogP contribution in [0.5, 0.6) is 0 Å². The second-order valence-electron chi connectivity index (χ2n) is 5.09. The molecule has 3 rings (SSSR count). The lowest BCUT2D eigenvalue weighted by molar-refractivity contribution is 0.586. The van der Waals surface area contributed by atoms with Crippen molar-refractivity contribution in [2.24, 2.45) is 0 Å². The molecular formula is C17H15F2N5. The third-order valence-electron chi connectivity index (χ3n) is 3.37. The number of aromatic nitrogens is 3. The summed E-state index contributed by atoms with van der Waals surface area (Å²) in [6.45, 7) is 2.09. The van der Waals surface area contributed by atoms with E-state index in [4.69, 9.17) is 0 Å². The fourth-order valence-electron chi connectivity index (χ4n) is 2.10. The van der Waals surface area contributed by atoms with Crippen molar-refractivity contribution in [3.8, 4) is 0 Å². The molecule has 0 saturated carbocycles. The van der Waals surface area contributed by atoms with Gasteiger partial charge >= 0.3 is 0 Å². The van der Waals surface area contributed by atoms with Crippen LogP contribution in [0.4, 0.5) is 31.9 Å². The molecule has 0 radical (unpaired) electrons. The highest BCUT2D eigenvalue weighted by molar-refractivity contribution is 5.59. The molecule has 0 fully saturated rings. The van der Waals surface area contributed by atoms with Gasteiger partial charge in [0, 0.05) is 11.8 Å². The van der Waals surface area contributed by atoms with E-state index in [1.807, 2.05) is 24.3 Å². The number of aryl methyl sites for hydroxylation is 1. The van der Waals surface area contributed by atoms with Gasteiger partial charge in [0.2, 0.25) is 5.95 Å². The molecule has 0 bridgehead atoms. The number of rotatable bonds is 5. The largest absolute Gasteiger partial charge is 0.339 e. The predicted octanol–water partition coefficient (Wildman–Crippen LogP) is 4.20. The van der Waals surface area contributed by atoms with Crippen LogP contribution in [0.25, 0.3) is 0 Å². The van der Waals surface area contributed by atoms with Crippen molar-refractivity contribution in [3.63, 3.8) is 0 Å². The number of halogens is 2. The van der Waals surface area contributed by atoms with E-state index in [0.29, 0.717) is 5.82 Å². The maximum absolute atomic E-state index is 13.7. The molecule has 122 valence electrons. The molecule has 24 heavy (non-hydrogen) atoms. The van der Waals surface area contributed by atoms with Gasteiger partial charge in [-0.1, -0.05) is 19.1 Å². The number of benzene rings is 2. The van der Waals surface area contributed by atoms with E-state index in [9.17, 15) is 8.78 Å². The summed E-state index contributed by atoms with van der Waals surface area (Å²) in [4.78, 5) is 4.21. The van der Waals surface area contributed by atoms with E-state index in [1.54, 1.807) is 0 Å². The Morgan fingerprint density at radius 2 is 1.79 bits per heavy atom. The number of nitrogens with zero attached hydrogens (tertiary/aromatic N) is 3. The smallest absolute Gasteiger partial charge is 0.249 e. The first-order valence-electron chi connectivity index (χ1n) is 7.42. The first-order valence-corrected chi connectivity index (χ1v) is 7.42. The van der Waals surface area contributed by atoms with E-state index < -0.39 is 11.6 Å². The van der Waals surface area contributed by atoms with Gasteiger partial charge in [-0.3, -0.25) is 0 Å². The van der Waals surface area contributed by atoms with Crippen molar-refractivity contribution in [3.05, 3.63) is 65.9 Å². The van der Waals surface area contributed by atoms with E-state index in [2.05, 4.69) is 32.7 Å². The van der Waals surface area contributed by atoms with Crippen LogP contribution >= 0.6 is 0 Å². The second kappa shape index (κ2) is 6.99. The molecule has 0 amide bonds. The highest BCUT2D eigenvalue weighted by atomic mass is 19.1. The SMILES string of the molecule is CCc1ccc(Nc2cnnc(Nc3ccc(F)cc3F)n2)cc1. The minimum atomic E-state index is -0.730. The average Bonchev–Trinajstić information content (AvgIpc) is 2.58. The lowest BCUT2D eigenvalue weighted by Gasteiger charge is -2.08. The topological polar surface area (TPSA) is 62.7 Å². The van der Waals surface area contributed by atoms with Crippen LogP contribution in [0.2, 0.25) is 0 Å². The van der Waals surface area contributed by atoms with Gasteiger partial charge in [0.15, 0.2) is 5.82 Å². The fourth-order valence-corrected chi connectivity index (χ4v) is 2.10. The van der Waals surface area contributed by atoms with Gasteiger partial charge in [0.1, 0.15) is 11.6 Å². The molecule has 7 heteroatoms. The Hall–Kier alpha value is -3.09. The predicted molar refractivity (Wildman–Crippen MR) is 88.6 cm³/mol. The highest BCUT2D eigenvalue weighted by Gasteiger charge is 2.07. The van der Waals surface area contributed by atoms with Crippen molar-refractivity contribution >= 4 is 23.1 Å². The molecule has 0 aliphatic heterocycles. The molecule has 1 aromatic heterocycles. The van der Waals surface area contributed by atoms with Gasteiger partial charge in [-0.15, -0.1) is 5.10 Å². The Kier molecular flexibility index (Phi) is 4.60. The van der Waals surface area contributed by atoms with Crippen LogP contribution in [-0.4, -0.2) is 15.2 Å². The molecule has 0 unspecified atom stereocenters. The zero-order valence-electron chi connectivity index (χ0n) is 12.9. The molecule has 0 spiro atoms. The summed E-state index contributed by atoms with van der Waals surface area (Å²) < 4.78 is 26.6. The van der Waals surface area contributed by atoms with Crippen molar-refractivity contribution in [2.45, 2.75) is 13.3 Å². The van der Waals surface area contributed by atoms with Crippen molar-refractivity contribution < 1.29 is 8.78 Å². The third kappa shape index (κ3) is 3.81. The molecule has 0 aliphatic carbocycles. The monoisotopic (exact) mass is 327 g/mol. The van der Waals surface area contributed by atoms with Gasteiger partial charge in [-0.25, -0.2) is 8.78 Å². The van der Waals surface area contributed by atoms with E-state index in [1.165, 1.54) is 17.8 Å². The summed E-state index contributed by atoms with van der Waals surface area (Å²) in [7, 11) is 0. The minimum absolute atomic E-state index is 0.0719. The number of hydrogen-bond acceptors (Lipinski definition) is 5. The zero-order chi connectivity index (χ0) is 16.9. The molecule has 3 aromatic rings. The Labute approximate surface area is 137 Å². The third-order valence-corrected chi connectivity index (χ3v) is 3.37. The summed E-state index contributed by atoms with van der Waals surface area (Å²) in [5.74, 6) is -0.815. The fraction of sp³-hybridized carbons (Fsp3) is 0.118. The standard InChI is InChI=1S/C17H15F2N5/c1-2-11-3-6-13(7-4-11)21-16-10-20-24-17(23-16)22-15-8-5-12(18)9-14(15)19/h3-10H,2H2,1H3,(H2,21,22,23,24). The van der Waals surface area contributed by atoms with E-state index >= 15 is 0 Å². The summed E-state index contributed by atoms with van der Waals surface area (Å²) in [6.07, 6.45) is 2.42. The molecule has 0 saturated heterocycles. The van der Waals surface area contributed by atoms with E-state index in [0.717, 1.165) is 24.2 Å². The van der Waals surface area contributed by atoms with Gasteiger partial charge in [0.25, 0.3) is 0 Å². The Balaban J connectivity index is 1.75. The molecule has 2 aromatic carbocycles. The lowest BCUT2D eigenvalue weighted by atomic mass is 10.1.